The summed E-state index contributed by atoms with van der Waals surface area (Å²) >= 11 is 0. The summed E-state index contributed by atoms with van der Waals surface area (Å²) in [5, 5.41) is 9.04. The van der Waals surface area contributed by atoms with E-state index in [0.717, 1.165) is 11.8 Å². The van der Waals surface area contributed by atoms with E-state index < -0.39 is 17.2 Å². The molecule has 0 bridgehead atoms. The van der Waals surface area contributed by atoms with Crippen molar-refractivity contribution < 1.29 is 9.90 Å². The van der Waals surface area contributed by atoms with E-state index in [0.29, 0.717) is 0 Å². The number of hydrogen-bond donors (Lipinski definition) is 2. The van der Waals surface area contributed by atoms with E-state index in [1.165, 1.54) is 10.6 Å². The fourth-order valence-corrected chi connectivity index (χ4v) is 2.20. The molecule has 2 heterocycles. The van der Waals surface area contributed by atoms with Gasteiger partial charge in [-0.05, 0) is 11.6 Å². The monoisotopic (exact) mass is 297 g/mol. The number of benzene rings is 1. The Labute approximate surface area is 123 Å². The molecule has 110 valence electrons. The Morgan fingerprint density at radius 3 is 2.64 bits per heavy atom. The van der Waals surface area contributed by atoms with E-state index in [9.17, 15) is 14.4 Å². The molecular weight excluding hydrogens is 286 g/mol. The molecule has 0 unspecified atom stereocenters. The molecule has 0 aliphatic heterocycles. The van der Waals surface area contributed by atoms with E-state index in [4.69, 9.17) is 5.11 Å². The van der Waals surface area contributed by atoms with Gasteiger partial charge in [0.15, 0.2) is 0 Å². The summed E-state index contributed by atoms with van der Waals surface area (Å²) in [5.41, 5.74) is -0.329. The van der Waals surface area contributed by atoms with Gasteiger partial charge in [-0.1, -0.05) is 30.3 Å². The normalized spacial score (nSPS) is 10.7. The fraction of sp³-hybridized carbons (Fsp3) is 0.0667. The quantitative estimate of drug-likeness (QED) is 0.745. The third-order valence-corrected chi connectivity index (χ3v) is 3.26. The molecule has 0 atom stereocenters. The van der Waals surface area contributed by atoms with Crippen LogP contribution in [-0.4, -0.2) is 25.6 Å². The average molecular weight is 297 g/mol. The standard InChI is InChI=1S/C15H11N3O4/c19-13-11-6-10(14(20)21)7-16-12(11)18(15(22)17-13)8-9-4-2-1-3-5-9/h1-7H,8H2,(H,20,21)(H,17,19,22). The highest BCUT2D eigenvalue weighted by Crippen LogP contribution is 2.10. The maximum atomic E-state index is 12.0. The van der Waals surface area contributed by atoms with Crippen LogP contribution < -0.4 is 11.2 Å². The SMILES string of the molecule is O=C(O)c1cnc2c(c1)c(=O)[nH]c(=O)n2Cc1ccccc1. The van der Waals surface area contributed by atoms with Crippen molar-refractivity contribution in [2.45, 2.75) is 6.54 Å². The van der Waals surface area contributed by atoms with Crippen LogP contribution in [0.25, 0.3) is 11.0 Å². The zero-order valence-corrected chi connectivity index (χ0v) is 11.3. The molecule has 0 spiro atoms. The molecule has 1 aromatic carbocycles. The summed E-state index contributed by atoms with van der Waals surface area (Å²) in [6.45, 7) is 0.229. The number of carboxylic acid groups (broad SMARTS) is 1. The number of aromatic carboxylic acids is 1. The second-order valence-electron chi connectivity index (χ2n) is 4.73. The minimum Gasteiger partial charge on any atom is -0.478 e. The second kappa shape index (κ2) is 5.28. The molecule has 3 aromatic rings. The highest BCUT2D eigenvalue weighted by atomic mass is 16.4. The summed E-state index contributed by atoms with van der Waals surface area (Å²) in [6.07, 6.45) is 1.13. The molecule has 7 heteroatoms. The number of H-pyrrole nitrogens is 1. The van der Waals surface area contributed by atoms with Gasteiger partial charge in [0.25, 0.3) is 5.56 Å². The van der Waals surface area contributed by atoms with Crippen LogP contribution in [0.2, 0.25) is 0 Å². The Hall–Kier alpha value is -3.22. The Balaban J connectivity index is 2.24. The van der Waals surface area contributed by atoms with E-state index in [1.807, 2.05) is 30.3 Å². The number of nitrogens with one attached hydrogen (secondary N) is 1. The lowest BCUT2D eigenvalue weighted by Gasteiger charge is -2.09. The van der Waals surface area contributed by atoms with E-state index in [2.05, 4.69) is 9.97 Å². The molecule has 0 saturated carbocycles. The first-order valence-corrected chi connectivity index (χ1v) is 6.46. The molecule has 7 nitrogen and oxygen atoms in total. The van der Waals surface area contributed by atoms with Crippen LogP contribution >= 0.6 is 0 Å². The molecule has 0 saturated heterocycles. The van der Waals surface area contributed by atoms with Gasteiger partial charge in [-0.2, -0.15) is 0 Å². The molecule has 0 fully saturated rings. The smallest absolute Gasteiger partial charge is 0.337 e. The van der Waals surface area contributed by atoms with Gasteiger partial charge in [-0.25, -0.2) is 14.6 Å². The summed E-state index contributed by atoms with van der Waals surface area (Å²) in [4.78, 5) is 41.1. The number of rotatable bonds is 3. The van der Waals surface area contributed by atoms with Crippen LogP contribution in [-0.2, 0) is 6.54 Å². The van der Waals surface area contributed by atoms with E-state index >= 15 is 0 Å². The molecule has 0 aliphatic rings. The lowest BCUT2D eigenvalue weighted by Crippen LogP contribution is -2.31. The van der Waals surface area contributed by atoms with Crippen LogP contribution in [0.15, 0.2) is 52.2 Å². The van der Waals surface area contributed by atoms with Gasteiger partial charge >= 0.3 is 11.7 Å². The highest BCUT2D eigenvalue weighted by Gasteiger charge is 2.12. The minimum atomic E-state index is -1.19. The number of fused-ring (bicyclic) bond motifs is 1. The first-order chi connectivity index (χ1) is 10.6. The van der Waals surface area contributed by atoms with Crippen LogP contribution in [0.5, 0.6) is 0 Å². The molecule has 22 heavy (non-hydrogen) atoms. The molecule has 0 amide bonds. The fourth-order valence-electron chi connectivity index (χ4n) is 2.20. The van der Waals surface area contributed by atoms with Crippen molar-refractivity contribution in [2.24, 2.45) is 0 Å². The van der Waals surface area contributed by atoms with Gasteiger partial charge in [-0.15, -0.1) is 0 Å². The second-order valence-corrected chi connectivity index (χ2v) is 4.73. The number of carbonyl (C=O) groups is 1. The van der Waals surface area contributed by atoms with Crippen molar-refractivity contribution in [2.75, 3.05) is 0 Å². The van der Waals surface area contributed by atoms with Gasteiger partial charge in [0.05, 0.1) is 17.5 Å². The van der Waals surface area contributed by atoms with Crippen LogP contribution in [0.4, 0.5) is 0 Å². The summed E-state index contributed by atoms with van der Waals surface area (Å²) in [5.74, 6) is -1.19. The molecular formula is C15H11N3O4. The molecule has 3 rings (SSSR count). The van der Waals surface area contributed by atoms with Crippen molar-refractivity contribution in [3.63, 3.8) is 0 Å². The maximum absolute atomic E-state index is 12.0. The predicted molar refractivity (Wildman–Crippen MR) is 79.1 cm³/mol. The zero-order chi connectivity index (χ0) is 15.7. The van der Waals surface area contributed by atoms with E-state index in [1.54, 1.807) is 0 Å². The third kappa shape index (κ3) is 2.39. The third-order valence-electron chi connectivity index (χ3n) is 3.26. The number of nitrogens with zero attached hydrogens (tertiary/aromatic N) is 2. The van der Waals surface area contributed by atoms with Gasteiger partial charge in [0.1, 0.15) is 5.65 Å². The molecule has 0 radical (unpaired) electrons. The van der Waals surface area contributed by atoms with Crippen molar-refractivity contribution in [1.82, 2.24) is 14.5 Å². The van der Waals surface area contributed by atoms with Gasteiger partial charge in [0, 0.05) is 6.20 Å². The van der Waals surface area contributed by atoms with Gasteiger partial charge < -0.3 is 5.11 Å². The average Bonchev–Trinajstić information content (AvgIpc) is 2.52. The van der Waals surface area contributed by atoms with Crippen molar-refractivity contribution in [3.05, 3.63) is 74.6 Å². The van der Waals surface area contributed by atoms with Crippen molar-refractivity contribution >= 4 is 17.0 Å². The Bertz CT molecular complexity index is 973. The number of aromatic amines is 1. The van der Waals surface area contributed by atoms with Crippen molar-refractivity contribution in [1.29, 1.82) is 0 Å². The number of pyridine rings is 1. The maximum Gasteiger partial charge on any atom is 0.337 e. The lowest BCUT2D eigenvalue weighted by atomic mass is 10.2. The van der Waals surface area contributed by atoms with Gasteiger partial charge in [-0.3, -0.25) is 14.3 Å². The van der Waals surface area contributed by atoms with Gasteiger partial charge in [0.2, 0.25) is 0 Å². The number of hydrogen-bond acceptors (Lipinski definition) is 4. The first-order valence-electron chi connectivity index (χ1n) is 6.46. The Kier molecular flexibility index (Phi) is 3.30. The van der Waals surface area contributed by atoms with Crippen molar-refractivity contribution in [3.8, 4) is 0 Å². The molecule has 0 aliphatic carbocycles. The minimum absolute atomic E-state index is 0.0652. The molecule has 2 aromatic heterocycles. The molecule has 2 N–H and O–H groups in total. The Morgan fingerprint density at radius 1 is 1.23 bits per heavy atom. The topological polar surface area (TPSA) is 105 Å². The summed E-state index contributed by atoms with van der Waals surface area (Å²) in [6, 6.07) is 10.4. The highest BCUT2D eigenvalue weighted by molar-refractivity contribution is 5.91. The van der Waals surface area contributed by atoms with Crippen LogP contribution in [0, 0.1) is 0 Å². The first kappa shape index (κ1) is 13.7. The number of aromatic nitrogens is 3. The summed E-state index contributed by atoms with van der Waals surface area (Å²) < 4.78 is 1.30. The van der Waals surface area contributed by atoms with Crippen LogP contribution in [0.1, 0.15) is 15.9 Å². The largest absolute Gasteiger partial charge is 0.478 e. The lowest BCUT2D eigenvalue weighted by molar-refractivity contribution is 0.0696. The zero-order valence-electron chi connectivity index (χ0n) is 11.3. The van der Waals surface area contributed by atoms with Crippen LogP contribution in [0.3, 0.4) is 0 Å². The summed E-state index contributed by atoms with van der Waals surface area (Å²) in [7, 11) is 0. The predicted octanol–water partition coefficient (Wildman–Crippen LogP) is 0.831. The Morgan fingerprint density at radius 2 is 1.95 bits per heavy atom. The van der Waals surface area contributed by atoms with E-state index in [-0.39, 0.29) is 23.1 Å². The number of carboxylic acids is 1.